The molecule has 2 aromatic carbocycles. The van der Waals surface area contributed by atoms with Gasteiger partial charge >= 0.3 is 5.97 Å². The lowest BCUT2D eigenvalue weighted by atomic mass is 10.1. The molecule has 6 nitrogen and oxygen atoms in total. The Hall–Kier alpha value is -2.71. The Balaban J connectivity index is 2.07. The first-order valence-electron chi connectivity index (χ1n) is 8.54. The minimum atomic E-state index is -0.558. The first-order valence-corrected chi connectivity index (χ1v) is 9.36. The Kier molecular flexibility index (Phi) is 8.16. The van der Waals surface area contributed by atoms with E-state index in [9.17, 15) is 14.0 Å². The summed E-state index contributed by atoms with van der Waals surface area (Å²) < 4.78 is 19.7. The molecule has 0 saturated heterocycles. The van der Waals surface area contributed by atoms with E-state index in [4.69, 9.17) is 9.84 Å². The zero-order valence-corrected chi connectivity index (χ0v) is 16.3. The number of benzene rings is 2. The molecule has 28 heavy (non-hydrogen) atoms. The molecule has 0 saturated carbocycles. The van der Waals surface area contributed by atoms with Crippen molar-refractivity contribution in [3.05, 3.63) is 53.8 Å². The van der Waals surface area contributed by atoms with Gasteiger partial charge in [-0.3, -0.25) is 4.79 Å². The summed E-state index contributed by atoms with van der Waals surface area (Å²) >= 11 is 1.20. The van der Waals surface area contributed by atoms with Crippen molar-refractivity contribution in [2.45, 2.75) is 30.1 Å². The number of hydrogen-bond donors (Lipinski definition) is 1. The molecule has 1 N–H and O–H groups in total. The van der Waals surface area contributed by atoms with Crippen molar-refractivity contribution in [1.82, 2.24) is 0 Å². The molecule has 0 radical (unpaired) electrons. The van der Waals surface area contributed by atoms with E-state index in [-0.39, 0.29) is 30.9 Å². The molecular formula is C20H20FNO5S. The zero-order valence-electron chi connectivity index (χ0n) is 15.5. The number of oxime groups is 1. The summed E-state index contributed by atoms with van der Waals surface area (Å²) in [5.41, 5.74) is 0.0727. The van der Waals surface area contributed by atoms with Gasteiger partial charge in [-0.1, -0.05) is 23.8 Å². The number of aliphatic hydroxyl groups excluding tert-OH is 1. The van der Waals surface area contributed by atoms with Crippen molar-refractivity contribution in [2.75, 3.05) is 13.2 Å². The Morgan fingerprint density at radius 2 is 1.89 bits per heavy atom. The third-order valence-electron chi connectivity index (χ3n) is 3.51. The van der Waals surface area contributed by atoms with Gasteiger partial charge < -0.3 is 14.7 Å². The van der Waals surface area contributed by atoms with Crippen LogP contribution in [0.1, 0.15) is 30.6 Å². The van der Waals surface area contributed by atoms with E-state index in [1.54, 1.807) is 31.2 Å². The summed E-state index contributed by atoms with van der Waals surface area (Å²) in [6.45, 7) is 3.14. The number of nitrogens with zero attached hydrogens (tertiary/aromatic N) is 1. The standard InChI is InChI=1S/C20H20FNO5S/c1-3-19(24)27-22-13(2)20(25)14-4-9-18(17(21)12-14)28-16-7-5-15(6-8-16)26-11-10-23/h4-9,12,23H,3,10-11H2,1-2H3/b22-13+. The molecule has 0 unspecified atom stereocenters. The number of aliphatic hydroxyl groups is 1. The normalized spacial score (nSPS) is 11.2. The predicted octanol–water partition coefficient (Wildman–Crippen LogP) is 3.86. The fourth-order valence-corrected chi connectivity index (χ4v) is 2.87. The van der Waals surface area contributed by atoms with Crippen LogP contribution in [0.15, 0.2) is 57.4 Å². The van der Waals surface area contributed by atoms with E-state index < -0.39 is 17.6 Å². The van der Waals surface area contributed by atoms with Crippen LogP contribution in [0, 0.1) is 5.82 Å². The second-order valence-corrected chi connectivity index (χ2v) is 6.73. The first-order chi connectivity index (χ1) is 13.4. The summed E-state index contributed by atoms with van der Waals surface area (Å²) in [6, 6.07) is 11.1. The third kappa shape index (κ3) is 6.17. The SMILES string of the molecule is CCC(=O)O/N=C(\C)C(=O)c1ccc(Sc2ccc(OCCO)cc2)c(F)c1. The molecule has 0 aromatic heterocycles. The fourth-order valence-electron chi connectivity index (χ4n) is 2.05. The molecule has 0 fully saturated rings. The largest absolute Gasteiger partial charge is 0.491 e. The van der Waals surface area contributed by atoms with Crippen LogP contribution in [0.25, 0.3) is 0 Å². The lowest BCUT2D eigenvalue weighted by molar-refractivity contribution is -0.143. The smallest absolute Gasteiger partial charge is 0.334 e. The van der Waals surface area contributed by atoms with Crippen LogP contribution >= 0.6 is 11.8 Å². The van der Waals surface area contributed by atoms with Gasteiger partial charge in [0.05, 0.1) is 6.61 Å². The van der Waals surface area contributed by atoms with Crippen molar-refractivity contribution >= 4 is 29.2 Å². The minimum Gasteiger partial charge on any atom is -0.491 e. The number of carbonyl (C=O) groups is 2. The highest BCUT2D eigenvalue weighted by molar-refractivity contribution is 7.99. The lowest BCUT2D eigenvalue weighted by Crippen LogP contribution is -2.12. The van der Waals surface area contributed by atoms with Gasteiger partial charge in [0.2, 0.25) is 5.78 Å². The van der Waals surface area contributed by atoms with E-state index in [2.05, 4.69) is 9.99 Å². The molecule has 0 amide bonds. The van der Waals surface area contributed by atoms with Crippen LogP contribution in [0.4, 0.5) is 4.39 Å². The van der Waals surface area contributed by atoms with E-state index in [1.807, 2.05) is 0 Å². The minimum absolute atomic E-state index is 0.0416. The van der Waals surface area contributed by atoms with Crippen LogP contribution in [0.5, 0.6) is 5.75 Å². The third-order valence-corrected chi connectivity index (χ3v) is 4.57. The number of Topliss-reactive ketones (excluding diaryl/α,β-unsaturated/α-hetero) is 1. The van der Waals surface area contributed by atoms with Crippen molar-refractivity contribution in [1.29, 1.82) is 0 Å². The van der Waals surface area contributed by atoms with Gasteiger partial charge in [-0.05, 0) is 49.4 Å². The van der Waals surface area contributed by atoms with Crippen LogP contribution < -0.4 is 4.74 Å². The molecule has 2 rings (SSSR count). The predicted molar refractivity (Wildman–Crippen MR) is 103 cm³/mol. The number of carbonyl (C=O) groups excluding carboxylic acids is 2. The van der Waals surface area contributed by atoms with E-state index >= 15 is 0 Å². The lowest BCUT2D eigenvalue weighted by Gasteiger charge is -2.07. The Morgan fingerprint density at radius 1 is 1.18 bits per heavy atom. The van der Waals surface area contributed by atoms with Gasteiger partial charge in [0.15, 0.2) is 0 Å². The summed E-state index contributed by atoms with van der Waals surface area (Å²) in [5, 5.41) is 12.2. The Bertz CT molecular complexity index is 867. The van der Waals surface area contributed by atoms with Crippen LogP contribution in [-0.4, -0.2) is 35.8 Å². The summed E-state index contributed by atoms with van der Waals surface area (Å²) in [7, 11) is 0. The van der Waals surface area contributed by atoms with Crippen LogP contribution in [0.3, 0.4) is 0 Å². The fraction of sp³-hybridized carbons (Fsp3) is 0.250. The maximum atomic E-state index is 14.4. The van der Waals surface area contributed by atoms with Crippen LogP contribution in [-0.2, 0) is 9.63 Å². The average molecular weight is 405 g/mol. The van der Waals surface area contributed by atoms with E-state index in [1.165, 1.54) is 30.8 Å². The Labute approximate surface area is 166 Å². The average Bonchev–Trinajstić information content (AvgIpc) is 2.72. The highest BCUT2D eigenvalue weighted by Crippen LogP contribution is 2.31. The van der Waals surface area contributed by atoms with Gasteiger partial charge in [-0.25, -0.2) is 9.18 Å². The molecule has 0 bridgehead atoms. The molecule has 0 atom stereocenters. The van der Waals surface area contributed by atoms with Crippen LogP contribution in [0.2, 0.25) is 0 Å². The van der Waals surface area contributed by atoms with Crippen molar-refractivity contribution in [3.63, 3.8) is 0 Å². The van der Waals surface area contributed by atoms with Crippen molar-refractivity contribution in [3.8, 4) is 5.75 Å². The number of halogens is 1. The highest BCUT2D eigenvalue weighted by atomic mass is 32.2. The van der Waals surface area contributed by atoms with Gasteiger partial charge in [-0.15, -0.1) is 0 Å². The quantitative estimate of drug-likeness (QED) is 0.295. The summed E-state index contributed by atoms with van der Waals surface area (Å²) in [6.07, 6.45) is 0.139. The number of ketones is 1. The molecule has 0 aliphatic rings. The number of ether oxygens (including phenoxy) is 1. The molecular weight excluding hydrogens is 385 g/mol. The molecule has 148 valence electrons. The molecule has 0 aliphatic heterocycles. The maximum Gasteiger partial charge on any atom is 0.334 e. The first kappa shape index (κ1) is 21.6. The summed E-state index contributed by atoms with van der Waals surface area (Å²) in [4.78, 5) is 29.1. The summed E-state index contributed by atoms with van der Waals surface area (Å²) in [5.74, 6) is -1.02. The second kappa shape index (κ2) is 10.6. The molecule has 8 heteroatoms. The second-order valence-electron chi connectivity index (χ2n) is 5.61. The van der Waals surface area contributed by atoms with Crippen molar-refractivity contribution < 1.29 is 28.7 Å². The van der Waals surface area contributed by atoms with Crippen molar-refractivity contribution in [2.24, 2.45) is 5.16 Å². The molecule has 0 aliphatic carbocycles. The van der Waals surface area contributed by atoms with Gasteiger partial charge in [0.25, 0.3) is 0 Å². The van der Waals surface area contributed by atoms with E-state index in [0.717, 1.165) is 11.0 Å². The van der Waals surface area contributed by atoms with Gasteiger partial charge in [0, 0.05) is 21.8 Å². The monoisotopic (exact) mass is 405 g/mol. The van der Waals surface area contributed by atoms with Gasteiger partial charge in [0.1, 0.15) is 23.9 Å². The molecule has 2 aromatic rings. The van der Waals surface area contributed by atoms with Gasteiger partial charge in [-0.2, -0.15) is 0 Å². The maximum absolute atomic E-state index is 14.4. The topological polar surface area (TPSA) is 85.2 Å². The highest BCUT2D eigenvalue weighted by Gasteiger charge is 2.14. The van der Waals surface area contributed by atoms with E-state index in [0.29, 0.717) is 10.6 Å². The number of rotatable bonds is 9. The zero-order chi connectivity index (χ0) is 20.5. The molecule has 0 spiro atoms. The Morgan fingerprint density at radius 3 is 2.50 bits per heavy atom. The number of hydrogen-bond acceptors (Lipinski definition) is 7. The molecule has 0 heterocycles.